The summed E-state index contributed by atoms with van der Waals surface area (Å²) in [4.78, 5) is 40.4. The molecular formula is C13H15NO6. The van der Waals surface area contributed by atoms with E-state index in [0.717, 1.165) is 14.2 Å². The van der Waals surface area contributed by atoms with E-state index in [1.165, 1.54) is 21.0 Å². The Morgan fingerprint density at radius 1 is 0.900 bits per heavy atom. The van der Waals surface area contributed by atoms with Gasteiger partial charge in [0.25, 0.3) is 0 Å². The Balaban J connectivity index is 3.58. The van der Waals surface area contributed by atoms with Crippen LogP contribution in [0.2, 0.25) is 0 Å². The molecule has 108 valence electrons. The third kappa shape index (κ3) is 2.47. The molecule has 0 bridgehead atoms. The van der Waals surface area contributed by atoms with Gasteiger partial charge in [0.2, 0.25) is 5.78 Å². The fourth-order valence-electron chi connectivity index (χ4n) is 1.91. The molecule has 0 aliphatic heterocycles. The van der Waals surface area contributed by atoms with Gasteiger partial charge in [0, 0.05) is 0 Å². The summed E-state index contributed by atoms with van der Waals surface area (Å²) in [6, 6.07) is 0. The van der Waals surface area contributed by atoms with Crippen LogP contribution in [0.25, 0.3) is 0 Å². The number of ketones is 1. The van der Waals surface area contributed by atoms with E-state index in [2.05, 4.69) is 19.5 Å². The van der Waals surface area contributed by atoms with Gasteiger partial charge in [0.1, 0.15) is 24.0 Å². The first kappa shape index (κ1) is 15.6. The molecule has 1 rings (SSSR count). The van der Waals surface area contributed by atoms with Crippen LogP contribution in [-0.2, 0) is 28.7 Å². The van der Waals surface area contributed by atoms with Crippen LogP contribution in [0, 0.1) is 0 Å². The summed E-state index contributed by atoms with van der Waals surface area (Å²) in [6.45, 7) is 3.05. The van der Waals surface area contributed by atoms with Crippen molar-refractivity contribution in [3.05, 3.63) is 22.3 Å². The normalized spacial score (nSPS) is 15.2. The summed E-state index contributed by atoms with van der Waals surface area (Å²) in [5.41, 5.74) is 0.291. The van der Waals surface area contributed by atoms with Crippen molar-refractivity contribution in [2.45, 2.75) is 13.8 Å². The lowest BCUT2D eigenvalue weighted by molar-refractivity contribution is -0.138. The maximum absolute atomic E-state index is 12.3. The van der Waals surface area contributed by atoms with Crippen LogP contribution in [0.15, 0.2) is 27.4 Å². The second-order valence-corrected chi connectivity index (χ2v) is 3.93. The van der Waals surface area contributed by atoms with Gasteiger partial charge in [0.05, 0.1) is 14.2 Å². The molecular weight excluding hydrogens is 266 g/mol. The maximum atomic E-state index is 12.3. The number of allylic oxidation sites excluding steroid dienone is 2. The van der Waals surface area contributed by atoms with Crippen molar-refractivity contribution in [2.75, 3.05) is 21.3 Å². The number of rotatable bonds is 3. The highest BCUT2D eigenvalue weighted by Gasteiger charge is 2.37. The molecule has 0 saturated heterocycles. The van der Waals surface area contributed by atoms with Crippen LogP contribution < -0.4 is 0 Å². The van der Waals surface area contributed by atoms with Gasteiger partial charge in [-0.05, 0) is 25.0 Å². The molecule has 1 aliphatic rings. The van der Waals surface area contributed by atoms with Crippen molar-refractivity contribution in [3.63, 3.8) is 0 Å². The lowest BCUT2D eigenvalue weighted by atomic mass is 9.84. The van der Waals surface area contributed by atoms with Gasteiger partial charge in [0.15, 0.2) is 0 Å². The molecule has 0 spiro atoms. The van der Waals surface area contributed by atoms with E-state index in [9.17, 15) is 14.4 Å². The van der Waals surface area contributed by atoms with Gasteiger partial charge in [-0.3, -0.25) is 4.79 Å². The summed E-state index contributed by atoms with van der Waals surface area (Å²) >= 11 is 0. The van der Waals surface area contributed by atoms with Crippen molar-refractivity contribution in [1.29, 1.82) is 0 Å². The van der Waals surface area contributed by atoms with E-state index >= 15 is 0 Å². The molecule has 0 radical (unpaired) electrons. The van der Waals surface area contributed by atoms with E-state index in [4.69, 9.17) is 0 Å². The van der Waals surface area contributed by atoms with Gasteiger partial charge < -0.3 is 14.3 Å². The van der Waals surface area contributed by atoms with Crippen LogP contribution in [0.3, 0.4) is 0 Å². The molecule has 0 fully saturated rings. The number of methoxy groups -OCH3 is 2. The summed E-state index contributed by atoms with van der Waals surface area (Å²) in [5.74, 6) is -2.43. The van der Waals surface area contributed by atoms with Gasteiger partial charge in [-0.1, -0.05) is 5.16 Å². The standard InChI is InChI=1S/C13H15NO6/c1-6-8(12(16)18-3)11(15)9(13(17)19-4)7(2)10(6)14-20-5/h1-5H3. The van der Waals surface area contributed by atoms with Gasteiger partial charge in [-0.15, -0.1) is 0 Å². The molecule has 0 unspecified atom stereocenters. The Labute approximate surface area is 115 Å². The minimum Gasteiger partial charge on any atom is -0.465 e. The Bertz CT molecular complexity index is 523. The molecule has 1 aliphatic carbocycles. The number of hydrogen-bond donors (Lipinski definition) is 0. The summed E-state index contributed by atoms with van der Waals surface area (Å²) in [5, 5.41) is 3.75. The van der Waals surface area contributed by atoms with E-state index in [0.29, 0.717) is 0 Å². The van der Waals surface area contributed by atoms with Crippen molar-refractivity contribution in [1.82, 2.24) is 0 Å². The number of esters is 2. The zero-order chi connectivity index (χ0) is 15.4. The second kappa shape index (κ2) is 6.14. The minimum atomic E-state index is -0.842. The molecule has 0 saturated carbocycles. The van der Waals surface area contributed by atoms with Gasteiger partial charge in [-0.25, -0.2) is 9.59 Å². The summed E-state index contributed by atoms with van der Waals surface area (Å²) in [7, 11) is 3.61. The summed E-state index contributed by atoms with van der Waals surface area (Å²) in [6.07, 6.45) is 0. The third-order valence-corrected chi connectivity index (χ3v) is 2.88. The number of nitrogens with zero attached hydrogens (tertiary/aromatic N) is 1. The maximum Gasteiger partial charge on any atom is 0.342 e. The number of carbonyl (C=O) groups excluding carboxylic acids is 3. The highest BCUT2D eigenvalue weighted by atomic mass is 16.6. The fourth-order valence-corrected chi connectivity index (χ4v) is 1.91. The van der Waals surface area contributed by atoms with Crippen molar-refractivity contribution in [2.24, 2.45) is 5.16 Å². The first-order chi connectivity index (χ1) is 9.40. The molecule has 20 heavy (non-hydrogen) atoms. The van der Waals surface area contributed by atoms with E-state index in [1.54, 1.807) is 0 Å². The highest BCUT2D eigenvalue weighted by Crippen LogP contribution is 2.27. The molecule has 7 nitrogen and oxygen atoms in total. The van der Waals surface area contributed by atoms with Crippen LogP contribution in [0.4, 0.5) is 0 Å². The van der Waals surface area contributed by atoms with Crippen molar-refractivity contribution >= 4 is 23.4 Å². The predicted octanol–water partition coefficient (Wildman–Crippen LogP) is 0.550. The minimum absolute atomic E-state index is 0.230. The van der Waals surface area contributed by atoms with Crippen LogP contribution in [0.5, 0.6) is 0 Å². The number of Topliss-reactive ketones (excluding diaryl/α,β-unsaturated/α-hetero) is 1. The zero-order valence-corrected chi connectivity index (χ0v) is 11.9. The molecule has 0 heterocycles. The number of ether oxygens (including phenoxy) is 2. The monoisotopic (exact) mass is 281 g/mol. The van der Waals surface area contributed by atoms with Gasteiger partial charge >= 0.3 is 11.9 Å². The topological polar surface area (TPSA) is 91.3 Å². The lowest BCUT2D eigenvalue weighted by Gasteiger charge is -2.20. The Kier molecular flexibility index (Phi) is 4.79. The molecule has 0 aromatic rings. The van der Waals surface area contributed by atoms with E-state index < -0.39 is 17.7 Å². The third-order valence-electron chi connectivity index (χ3n) is 2.88. The fraction of sp³-hybridized carbons (Fsp3) is 0.385. The van der Waals surface area contributed by atoms with Crippen LogP contribution in [0.1, 0.15) is 13.8 Å². The molecule has 0 amide bonds. The molecule has 7 heteroatoms. The van der Waals surface area contributed by atoms with E-state index in [1.807, 2.05) is 0 Å². The lowest BCUT2D eigenvalue weighted by Crippen LogP contribution is -2.31. The van der Waals surface area contributed by atoms with Crippen LogP contribution in [-0.4, -0.2) is 44.8 Å². The average Bonchev–Trinajstić information content (AvgIpc) is 2.42. The smallest absolute Gasteiger partial charge is 0.342 e. The molecule has 0 N–H and O–H groups in total. The number of oxime groups is 1. The molecule has 0 aromatic heterocycles. The van der Waals surface area contributed by atoms with Crippen molar-refractivity contribution < 1.29 is 28.7 Å². The number of carbonyl (C=O) groups is 3. The van der Waals surface area contributed by atoms with E-state index in [-0.39, 0.29) is 28.0 Å². The largest absolute Gasteiger partial charge is 0.465 e. The Hall–Kier alpha value is -2.44. The Morgan fingerprint density at radius 2 is 1.30 bits per heavy atom. The molecule has 0 atom stereocenters. The first-order valence-electron chi connectivity index (χ1n) is 5.65. The second-order valence-electron chi connectivity index (χ2n) is 3.93. The predicted molar refractivity (Wildman–Crippen MR) is 68.9 cm³/mol. The number of hydrogen-bond acceptors (Lipinski definition) is 7. The highest BCUT2D eigenvalue weighted by molar-refractivity contribution is 6.41. The SMILES string of the molecule is CON=C1C(C)=C(C(=O)OC)C(=O)C(C(=O)OC)=C1C. The first-order valence-corrected chi connectivity index (χ1v) is 5.65. The molecule has 0 aromatic carbocycles. The average molecular weight is 281 g/mol. The quantitative estimate of drug-likeness (QED) is 0.325. The van der Waals surface area contributed by atoms with Gasteiger partial charge in [-0.2, -0.15) is 0 Å². The Morgan fingerprint density at radius 3 is 1.60 bits per heavy atom. The van der Waals surface area contributed by atoms with Crippen LogP contribution >= 0.6 is 0 Å². The summed E-state index contributed by atoms with van der Waals surface area (Å²) < 4.78 is 9.13. The van der Waals surface area contributed by atoms with Crippen molar-refractivity contribution in [3.8, 4) is 0 Å². The zero-order valence-electron chi connectivity index (χ0n) is 11.9.